The van der Waals surface area contributed by atoms with Crippen LogP contribution in [0.1, 0.15) is 27.6 Å². The van der Waals surface area contributed by atoms with E-state index in [-0.39, 0.29) is 6.54 Å². The van der Waals surface area contributed by atoms with Crippen molar-refractivity contribution in [3.63, 3.8) is 0 Å². The smallest absolute Gasteiger partial charge is 0.254 e. The first-order valence-electron chi connectivity index (χ1n) is 6.57. The first-order valence-corrected chi connectivity index (χ1v) is 6.57. The van der Waals surface area contributed by atoms with Gasteiger partial charge in [-0.2, -0.15) is 0 Å². The van der Waals surface area contributed by atoms with Gasteiger partial charge in [0.1, 0.15) is 0 Å². The number of hydrogen-bond donors (Lipinski definition) is 2. The molecule has 2 N–H and O–H groups in total. The Morgan fingerprint density at radius 1 is 1.14 bits per heavy atom. The number of carbonyl (C=O) groups is 1. The van der Waals surface area contributed by atoms with Gasteiger partial charge in [-0.15, -0.1) is 0 Å². The zero-order valence-corrected chi connectivity index (χ0v) is 11.7. The zero-order chi connectivity index (χ0) is 16.3. The molecular formula is C16H14F3NO2. The Balaban J connectivity index is 2.08. The Kier molecular flexibility index (Phi) is 4.82. The molecule has 6 heteroatoms. The van der Waals surface area contributed by atoms with Gasteiger partial charge in [0.2, 0.25) is 0 Å². The molecule has 0 aromatic heterocycles. The number of aliphatic hydroxyl groups is 1. The fraction of sp³-hybridized carbons (Fsp3) is 0.188. The number of aliphatic hydroxyl groups excluding tert-OH is 1. The van der Waals surface area contributed by atoms with Gasteiger partial charge in [-0.05, 0) is 30.2 Å². The fourth-order valence-corrected chi connectivity index (χ4v) is 2.06. The van der Waals surface area contributed by atoms with Crippen LogP contribution in [0.3, 0.4) is 0 Å². The molecule has 22 heavy (non-hydrogen) atoms. The van der Waals surface area contributed by atoms with Gasteiger partial charge in [0, 0.05) is 6.54 Å². The normalized spacial score (nSPS) is 12.0. The second kappa shape index (κ2) is 6.62. The van der Waals surface area contributed by atoms with Crippen LogP contribution in [0.4, 0.5) is 13.2 Å². The van der Waals surface area contributed by atoms with Crippen molar-refractivity contribution in [3.05, 3.63) is 70.5 Å². The van der Waals surface area contributed by atoms with Gasteiger partial charge < -0.3 is 10.4 Å². The molecule has 0 radical (unpaired) electrons. The first kappa shape index (κ1) is 16.0. The van der Waals surface area contributed by atoms with E-state index in [1.165, 1.54) is 0 Å². The van der Waals surface area contributed by atoms with E-state index in [1.54, 1.807) is 31.2 Å². The summed E-state index contributed by atoms with van der Waals surface area (Å²) in [4.78, 5) is 11.8. The lowest BCUT2D eigenvalue weighted by molar-refractivity contribution is 0.0910. The Morgan fingerprint density at radius 2 is 1.82 bits per heavy atom. The molecule has 0 aliphatic carbocycles. The number of halogens is 3. The van der Waals surface area contributed by atoms with Crippen molar-refractivity contribution < 1.29 is 23.1 Å². The summed E-state index contributed by atoms with van der Waals surface area (Å²) in [6.07, 6.45) is -0.987. The van der Waals surface area contributed by atoms with Gasteiger partial charge in [0.05, 0.1) is 11.7 Å². The predicted molar refractivity (Wildman–Crippen MR) is 74.8 cm³/mol. The molecule has 0 fully saturated rings. The molecule has 1 atom stereocenters. The van der Waals surface area contributed by atoms with E-state index in [9.17, 15) is 23.1 Å². The maximum Gasteiger partial charge on any atom is 0.254 e. The number of carbonyl (C=O) groups excluding carboxylic acids is 1. The highest BCUT2D eigenvalue weighted by molar-refractivity contribution is 5.94. The van der Waals surface area contributed by atoms with E-state index in [0.717, 1.165) is 11.6 Å². The highest BCUT2D eigenvalue weighted by atomic mass is 19.2. The third kappa shape index (κ3) is 3.28. The van der Waals surface area contributed by atoms with E-state index >= 15 is 0 Å². The Labute approximate surface area is 125 Å². The molecule has 3 nitrogen and oxygen atoms in total. The SMILES string of the molecule is Cc1ccccc1C(O)CNC(=O)c1ccc(F)c(F)c1F. The first-order chi connectivity index (χ1) is 10.4. The molecule has 1 unspecified atom stereocenters. The lowest BCUT2D eigenvalue weighted by Crippen LogP contribution is -2.29. The van der Waals surface area contributed by atoms with Crippen LogP contribution in [0.15, 0.2) is 36.4 Å². The highest BCUT2D eigenvalue weighted by Crippen LogP contribution is 2.18. The third-order valence-electron chi connectivity index (χ3n) is 3.28. The Hall–Kier alpha value is -2.34. The van der Waals surface area contributed by atoms with Gasteiger partial charge in [0.25, 0.3) is 5.91 Å². The monoisotopic (exact) mass is 309 g/mol. The summed E-state index contributed by atoms with van der Waals surface area (Å²) < 4.78 is 39.4. The highest BCUT2D eigenvalue weighted by Gasteiger charge is 2.19. The van der Waals surface area contributed by atoms with Crippen molar-refractivity contribution in [3.8, 4) is 0 Å². The summed E-state index contributed by atoms with van der Waals surface area (Å²) in [6.45, 7) is 1.62. The average molecular weight is 309 g/mol. The molecule has 0 aliphatic heterocycles. The summed E-state index contributed by atoms with van der Waals surface area (Å²) in [5.74, 6) is -5.55. The van der Waals surface area contributed by atoms with Crippen LogP contribution in [0.25, 0.3) is 0 Å². The fourth-order valence-electron chi connectivity index (χ4n) is 2.06. The number of hydrogen-bond acceptors (Lipinski definition) is 2. The van der Waals surface area contributed by atoms with Crippen LogP contribution in [-0.4, -0.2) is 17.6 Å². The Morgan fingerprint density at radius 3 is 2.50 bits per heavy atom. The molecule has 2 aromatic rings. The van der Waals surface area contributed by atoms with E-state index in [2.05, 4.69) is 5.32 Å². The molecule has 0 spiro atoms. The summed E-state index contributed by atoms with van der Waals surface area (Å²) in [5, 5.41) is 12.3. The largest absolute Gasteiger partial charge is 0.387 e. The van der Waals surface area contributed by atoms with E-state index in [4.69, 9.17) is 0 Å². The predicted octanol–water partition coefficient (Wildman–Crippen LogP) is 2.88. The van der Waals surface area contributed by atoms with Gasteiger partial charge in [-0.25, -0.2) is 13.2 Å². The molecule has 2 aromatic carbocycles. The van der Waals surface area contributed by atoms with Crippen LogP contribution in [0.2, 0.25) is 0 Å². The van der Waals surface area contributed by atoms with Crippen molar-refractivity contribution in [1.82, 2.24) is 5.32 Å². The number of aryl methyl sites for hydroxylation is 1. The molecule has 0 heterocycles. The standard InChI is InChI=1S/C16H14F3NO2/c1-9-4-2-3-5-10(9)13(21)8-20-16(22)11-6-7-12(17)15(19)14(11)18/h2-7,13,21H,8H2,1H3,(H,20,22). The molecule has 0 saturated heterocycles. The maximum atomic E-state index is 13.5. The molecule has 116 valence electrons. The topological polar surface area (TPSA) is 49.3 Å². The van der Waals surface area contributed by atoms with Crippen LogP contribution < -0.4 is 5.32 Å². The number of amides is 1. The van der Waals surface area contributed by atoms with Gasteiger partial charge in [0.15, 0.2) is 17.5 Å². The van der Waals surface area contributed by atoms with Gasteiger partial charge in [-0.1, -0.05) is 24.3 Å². The van der Waals surface area contributed by atoms with E-state index in [1.807, 2.05) is 0 Å². The summed E-state index contributed by atoms with van der Waals surface area (Å²) in [7, 11) is 0. The summed E-state index contributed by atoms with van der Waals surface area (Å²) in [5.41, 5.74) is 0.840. The second-order valence-electron chi connectivity index (χ2n) is 4.81. The second-order valence-corrected chi connectivity index (χ2v) is 4.81. The van der Waals surface area contributed by atoms with Crippen molar-refractivity contribution >= 4 is 5.91 Å². The number of benzene rings is 2. The molecule has 0 bridgehead atoms. The minimum absolute atomic E-state index is 0.178. The lowest BCUT2D eigenvalue weighted by Gasteiger charge is -2.14. The van der Waals surface area contributed by atoms with E-state index in [0.29, 0.717) is 11.6 Å². The van der Waals surface area contributed by atoms with Crippen LogP contribution in [-0.2, 0) is 0 Å². The molecule has 2 rings (SSSR count). The van der Waals surface area contributed by atoms with Crippen molar-refractivity contribution in [1.29, 1.82) is 0 Å². The van der Waals surface area contributed by atoms with Crippen LogP contribution in [0.5, 0.6) is 0 Å². The lowest BCUT2D eigenvalue weighted by atomic mass is 10.0. The summed E-state index contributed by atoms with van der Waals surface area (Å²) in [6, 6.07) is 8.57. The molecular weight excluding hydrogens is 295 g/mol. The van der Waals surface area contributed by atoms with Crippen molar-refractivity contribution in [2.45, 2.75) is 13.0 Å². The number of rotatable bonds is 4. The summed E-state index contributed by atoms with van der Waals surface area (Å²) >= 11 is 0. The van der Waals surface area contributed by atoms with E-state index < -0.39 is 35.0 Å². The Bertz CT molecular complexity index is 704. The van der Waals surface area contributed by atoms with Gasteiger partial charge in [-0.3, -0.25) is 4.79 Å². The minimum Gasteiger partial charge on any atom is -0.387 e. The van der Waals surface area contributed by atoms with Crippen LogP contribution >= 0.6 is 0 Å². The minimum atomic E-state index is -1.70. The quantitative estimate of drug-likeness (QED) is 0.853. The maximum absolute atomic E-state index is 13.5. The van der Waals surface area contributed by atoms with Crippen LogP contribution in [0, 0.1) is 24.4 Å². The zero-order valence-electron chi connectivity index (χ0n) is 11.7. The van der Waals surface area contributed by atoms with Crippen molar-refractivity contribution in [2.75, 3.05) is 6.54 Å². The number of nitrogens with one attached hydrogen (secondary N) is 1. The molecule has 1 amide bonds. The molecule has 0 saturated carbocycles. The molecule has 0 aliphatic rings. The average Bonchev–Trinajstić information content (AvgIpc) is 2.50. The third-order valence-corrected chi connectivity index (χ3v) is 3.28. The van der Waals surface area contributed by atoms with Crippen molar-refractivity contribution in [2.24, 2.45) is 0 Å². The van der Waals surface area contributed by atoms with Gasteiger partial charge >= 0.3 is 0 Å².